The Kier molecular flexibility index (Phi) is 7.88. The summed E-state index contributed by atoms with van der Waals surface area (Å²) < 4.78 is 7.01. The number of hydrogen-bond acceptors (Lipinski definition) is 10. The standard InChI is InChI=1S/C30H23BrN4O4S3/c1-15-27(41-16(2)32-15)25(36)23-24(21-13-19(31)11-12-22(21)39-3)35(28(38)26(23)37)29-33-34-30(42-29)40-14-18-9-6-8-17-7-4-5-10-20(17)18/h4-13,24,37H,14H2,1-3H3. The van der Waals surface area contributed by atoms with E-state index in [2.05, 4.69) is 55.4 Å². The van der Waals surface area contributed by atoms with Gasteiger partial charge in [0.2, 0.25) is 10.9 Å². The predicted molar refractivity (Wildman–Crippen MR) is 170 cm³/mol. The molecule has 1 amide bonds. The van der Waals surface area contributed by atoms with Gasteiger partial charge in [0.25, 0.3) is 5.91 Å². The summed E-state index contributed by atoms with van der Waals surface area (Å²) in [6.07, 6.45) is 0. The van der Waals surface area contributed by atoms with Gasteiger partial charge in [-0.25, -0.2) is 4.98 Å². The average Bonchev–Trinajstić information content (AvgIpc) is 3.66. The molecule has 0 saturated heterocycles. The Labute approximate surface area is 262 Å². The third kappa shape index (κ3) is 5.13. The number of aryl methyl sites for hydroxylation is 2. The normalized spacial score (nSPS) is 15.2. The molecule has 42 heavy (non-hydrogen) atoms. The minimum Gasteiger partial charge on any atom is -0.503 e. The van der Waals surface area contributed by atoms with Crippen LogP contribution in [-0.2, 0) is 10.5 Å². The predicted octanol–water partition coefficient (Wildman–Crippen LogP) is 7.61. The highest BCUT2D eigenvalue weighted by Crippen LogP contribution is 2.47. The van der Waals surface area contributed by atoms with Gasteiger partial charge >= 0.3 is 0 Å². The highest BCUT2D eigenvalue weighted by Gasteiger charge is 2.47. The lowest BCUT2D eigenvalue weighted by molar-refractivity contribution is -0.117. The Hall–Kier alpha value is -3.58. The molecule has 1 atom stereocenters. The number of ketones is 1. The molecule has 0 radical (unpaired) electrons. The molecule has 0 saturated carbocycles. The smallest absolute Gasteiger partial charge is 0.296 e. The molecule has 1 aliphatic rings. The summed E-state index contributed by atoms with van der Waals surface area (Å²) >= 11 is 7.46. The molecule has 2 aromatic heterocycles. The number of ether oxygens (including phenoxy) is 1. The quantitative estimate of drug-likeness (QED) is 0.102. The van der Waals surface area contributed by atoms with E-state index in [1.807, 2.05) is 25.1 Å². The van der Waals surface area contributed by atoms with Crippen LogP contribution in [0.4, 0.5) is 5.13 Å². The summed E-state index contributed by atoms with van der Waals surface area (Å²) in [5.41, 5.74) is 2.16. The second-order valence-electron chi connectivity index (χ2n) is 9.48. The van der Waals surface area contributed by atoms with Crippen LogP contribution < -0.4 is 9.64 Å². The number of anilines is 1. The third-order valence-electron chi connectivity index (χ3n) is 6.88. The molecule has 1 N–H and O–H groups in total. The van der Waals surface area contributed by atoms with Gasteiger partial charge in [0.05, 0.1) is 28.3 Å². The number of benzene rings is 3. The highest BCUT2D eigenvalue weighted by molar-refractivity contribution is 9.10. The zero-order chi connectivity index (χ0) is 29.5. The van der Waals surface area contributed by atoms with Crippen molar-refractivity contribution in [2.75, 3.05) is 12.0 Å². The first-order valence-corrected chi connectivity index (χ1v) is 16.2. The number of carbonyl (C=O) groups is 2. The molecule has 3 aromatic carbocycles. The van der Waals surface area contributed by atoms with Crippen LogP contribution in [0.25, 0.3) is 10.8 Å². The second kappa shape index (κ2) is 11.6. The van der Waals surface area contributed by atoms with Crippen LogP contribution in [0.5, 0.6) is 5.75 Å². The highest BCUT2D eigenvalue weighted by atomic mass is 79.9. The Morgan fingerprint density at radius 1 is 1.10 bits per heavy atom. The van der Waals surface area contributed by atoms with E-state index >= 15 is 0 Å². The number of fused-ring (bicyclic) bond motifs is 1. The number of hydrogen-bond donors (Lipinski definition) is 1. The fourth-order valence-corrected chi connectivity index (χ4v) is 8.15. The van der Waals surface area contributed by atoms with Gasteiger partial charge in [0.1, 0.15) is 11.8 Å². The van der Waals surface area contributed by atoms with E-state index in [0.29, 0.717) is 37.0 Å². The van der Waals surface area contributed by atoms with Gasteiger partial charge in [-0.15, -0.1) is 21.5 Å². The van der Waals surface area contributed by atoms with Crippen LogP contribution in [0.1, 0.15) is 37.5 Å². The molecule has 5 aromatic rings. The number of carbonyl (C=O) groups excluding carboxylic acids is 2. The van der Waals surface area contributed by atoms with Crippen molar-refractivity contribution in [3.63, 3.8) is 0 Å². The number of rotatable bonds is 8. The summed E-state index contributed by atoms with van der Waals surface area (Å²) in [5.74, 6) is -0.713. The molecule has 0 spiro atoms. The van der Waals surface area contributed by atoms with Gasteiger partial charge in [0.15, 0.2) is 10.1 Å². The Morgan fingerprint density at radius 2 is 1.88 bits per heavy atom. The Bertz CT molecular complexity index is 1900. The van der Waals surface area contributed by atoms with Crippen molar-refractivity contribution in [3.8, 4) is 5.75 Å². The van der Waals surface area contributed by atoms with Gasteiger partial charge in [0, 0.05) is 15.8 Å². The zero-order valence-electron chi connectivity index (χ0n) is 22.6. The third-order valence-corrected chi connectivity index (χ3v) is 10.6. The molecule has 12 heteroatoms. The topological polar surface area (TPSA) is 106 Å². The number of thioether (sulfide) groups is 1. The number of aliphatic hydroxyl groups excluding tert-OH is 1. The number of halogens is 1. The number of amides is 1. The van der Waals surface area contributed by atoms with Gasteiger partial charge in [-0.05, 0) is 48.4 Å². The van der Waals surface area contributed by atoms with Crippen molar-refractivity contribution in [2.45, 2.75) is 30.0 Å². The van der Waals surface area contributed by atoms with Crippen LogP contribution in [-0.4, -0.2) is 39.1 Å². The molecule has 3 heterocycles. The maximum Gasteiger partial charge on any atom is 0.296 e. The first-order chi connectivity index (χ1) is 20.3. The van der Waals surface area contributed by atoms with Crippen LogP contribution >= 0.6 is 50.4 Å². The van der Waals surface area contributed by atoms with E-state index in [1.54, 1.807) is 25.1 Å². The second-order valence-corrected chi connectivity index (χ2v) is 13.8. The minimum absolute atomic E-state index is 0.0525. The number of thiazole rings is 1. The molecule has 1 unspecified atom stereocenters. The lowest BCUT2D eigenvalue weighted by Crippen LogP contribution is -2.31. The van der Waals surface area contributed by atoms with Crippen LogP contribution in [0, 0.1) is 13.8 Å². The number of aromatic nitrogens is 3. The molecule has 0 bridgehead atoms. The van der Waals surface area contributed by atoms with Crippen molar-refractivity contribution >= 4 is 78.0 Å². The average molecular weight is 680 g/mol. The molecular formula is C30H23BrN4O4S3. The largest absolute Gasteiger partial charge is 0.503 e. The SMILES string of the molecule is COc1ccc(Br)cc1C1C(C(=O)c2sc(C)nc2C)=C(O)C(=O)N1c1nnc(SCc2cccc3ccccc23)s1. The lowest BCUT2D eigenvalue weighted by atomic mass is 9.94. The molecule has 0 aliphatic carbocycles. The number of Topliss-reactive ketones (excluding diaryl/α,β-unsaturated/α-hetero) is 1. The van der Waals surface area contributed by atoms with Gasteiger partial charge in [-0.1, -0.05) is 81.5 Å². The summed E-state index contributed by atoms with van der Waals surface area (Å²) in [7, 11) is 1.52. The van der Waals surface area contributed by atoms with Crippen molar-refractivity contribution in [3.05, 3.63) is 103 Å². The fourth-order valence-electron chi connectivity index (χ4n) is 5.03. The van der Waals surface area contributed by atoms with Crippen LogP contribution in [0.2, 0.25) is 0 Å². The van der Waals surface area contributed by atoms with Gasteiger partial charge in [-0.2, -0.15) is 0 Å². The van der Waals surface area contributed by atoms with E-state index < -0.39 is 23.5 Å². The first-order valence-electron chi connectivity index (χ1n) is 12.8. The first kappa shape index (κ1) is 28.5. The number of nitrogens with zero attached hydrogens (tertiary/aromatic N) is 4. The Morgan fingerprint density at radius 3 is 2.64 bits per heavy atom. The van der Waals surface area contributed by atoms with E-state index in [-0.39, 0.29) is 10.7 Å². The van der Waals surface area contributed by atoms with E-state index in [9.17, 15) is 14.7 Å². The summed E-state index contributed by atoms with van der Waals surface area (Å²) in [6, 6.07) is 18.7. The summed E-state index contributed by atoms with van der Waals surface area (Å²) in [6.45, 7) is 3.55. The van der Waals surface area contributed by atoms with Crippen molar-refractivity contribution in [1.82, 2.24) is 15.2 Å². The van der Waals surface area contributed by atoms with Crippen LogP contribution in [0.3, 0.4) is 0 Å². The monoisotopic (exact) mass is 678 g/mol. The lowest BCUT2D eigenvalue weighted by Gasteiger charge is -2.25. The number of methoxy groups -OCH3 is 1. The molecular weight excluding hydrogens is 656 g/mol. The summed E-state index contributed by atoms with van der Waals surface area (Å²) in [5, 5.41) is 23.2. The van der Waals surface area contributed by atoms with Gasteiger partial charge in [-0.3, -0.25) is 14.5 Å². The van der Waals surface area contributed by atoms with Crippen molar-refractivity contribution in [1.29, 1.82) is 0 Å². The van der Waals surface area contributed by atoms with Gasteiger partial charge < -0.3 is 9.84 Å². The molecule has 6 rings (SSSR count). The summed E-state index contributed by atoms with van der Waals surface area (Å²) in [4.78, 5) is 33.7. The molecule has 212 valence electrons. The van der Waals surface area contributed by atoms with Crippen molar-refractivity contribution in [2.24, 2.45) is 0 Å². The fraction of sp³-hybridized carbons (Fsp3) is 0.167. The minimum atomic E-state index is -0.997. The van der Waals surface area contributed by atoms with Crippen LogP contribution in [0.15, 0.2) is 80.8 Å². The molecule has 1 aliphatic heterocycles. The maximum atomic E-state index is 13.9. The zero-order valence-corrected chi connectivity index (χ0v) is 26.7. The van der Waals surface area contributed by atoms with E-state index in [1.165, 1.54) is 51.8 Å². The van der Waals surface area contributed by atoms with Crippen molar-refractivity contribution < 1.29 is 19.4 Å². The number of aliphatic hydroxyl groups is 1. The Balaban J connectivity index is 1.39. The molecule has 8 nitrogen and oxygen atoms in total. The maximum absolute atomic E-state index is 13.9. The molecule has 0 fully saturated rings. The van der Waals surface area contributed by atoms with E-state index in [0.717, 1.165) is 15.4 Å². The van der Waals surface area contributed by atoms with E-state index in [4.69, 9.17) is 4.74 Å².